The van der Waals surface area contributed by atoms with Crippen LogP contribution in [0.2, 0.25) is 0 Å². The van der Waals surface area contributed by atoms with Crippen LogP contribution < -0.4 is 29.6 Å². The molecule has 1 aromatic carbocycles. The molecule has 1 aromatic rings. The van der Waals surface area contributed by atoms with Crippen molar-refractivity contribution in [3.63, 3.8) is 0 Å². The molecule has 3 nitrogen and oxygen atoms in total. The zero-order chi connectivity index (χ0) is 20.5. The molecule has 0 amide bonds. The molecule has 0 radical (unpaired) electrons. The number of hydrogen-bond donors (Lipinski definition) is 1. The van der Waals surface area contributed by atoms with Crippen LogP contribution in [0, 0.1) is 0 Å². The third kappa shape index (κ3) is 16.5. The maximum absolute atomic E-state index is 11.0. The van der Waals surface area contributed by atoms with Crippen LogP contribution >= 0.6 is 0 Å². The van der Waals surface area contributed by atoms with E-state index in [0.717, 1.165) is 18.4 Å². The second-order valence-electron chi connectivity index (χ2n) is 8.17. The molecule has 0 heterocycles. The maximum Gasteiger partial charge on any atom is 1.00 e. The smallest absolute Gasteiger partial charge is 1.00 e. The Labute approximate surface area is 204 Å². The van der Waals surface area contributed by atoms with Gasteiger partial charge in [-0.25, -0.2) is 0 Å². The van der Waals surface area contributed by atoms with Gasteiger partial charge < -0.3 is 1.43 Å². The van der Waals surface area contributed by atoms with Gasteiger partial charge in [-0.3, -0.25) is 4.55 Å². The van der Waals surface area contributed by atoms with Crippen LogP contribution in [0.25, 0.3) is 0 Å². The summed E-state index contributed by atoms with van der Waals surface area (Å²) in [6, 6.07) is 6.57. The fourth-order valence-corrected chi connectivity index (χ4v) is 4.19. The number of unbranched alkanes of at least 4 members (excludes halogenated alkanes) is 15. The summed E-state index contributed by atoms with van der Waals surface area (Å²) in [5, 5.41) is 0. The average Bonchev–Trinajstić information content (AvgIpc) is 2.67. The molecule has 1 rings (SSSR count). The number of aryl methyl sites for hydroxylation is 1. The summed E-state index contributed by atoms with van der Waals surface area (Å²) in [6.07, 6.45) is 22.9. The van der Waals surface area contributed by atoms with Crippen molar-refractivity contribution in [2.45, 2.75) is 121 Å². The monoisotopic (exact) mass is 434 g/mol. The summed E-state index contributed by atoms with van der Waals surface area (Å²) in [7, 11) is -4.07. The summed E-state index contributed by atoms with van der Waals surface area (Å²) in [4.78, 5) is -0.0248. The fraction of sp³-hybridized carbons (Fsp3) is 0.750. The summed E-state index contributed by atoms with van der Waals surface area (Å²) in [6.45, 7) is 2.27. The normalized spacial score (nSPS) is 11.4. The quantitative estimate of drug-likeness (QED) is 0.204. The van der Waals surface area contributed by atoms with Gasteiger partial charge in [0.05, 0.1) is 4.90 Å². The van der Waals surface area contributed by atoms with Gasteiger partial charge >= 0.3 is 29.6 Å². The Balaban J connectivity index is 0. The van der Waals surface area contributed by atoms with E-state index in [1.807, 2.05) is 0 Å². The van der Waals surface area contributed by atoms with E-state index in [9.17, 15) is 8.42 Å². The van der Waals surface area contributed by atoms with E-state index >= 15 is 0 Å². The number of benzene rings is 1. The van der Waals surface area contributed by atoms with Crippen LogP contribution in [0.5, 0.6) is 0 Å². The predicted molar refractivity (Wildman–Crippen MR) is 121 cm³/mol. The zero-order valence-electron chi connectivity index (χ0n) is 20.0. The Kier molecular flexibility index (Phi) is 18.9. The van der Waals surface area contributed by atoms with Crippen molar-refractivity contribution in [1.82, 2.24) is 0 Å². The van der Waals surface area contributed by atoms with Gasteiger partial charge in [-0.2, -0.15) is 8.42 Å². The Morgan fingerprint density at radius 1 is 0.655 bits per heavy atom. The van der Waals surface area contributed by atoms with Crippen molar-refractivity contribution in [3.05, 3.63) is 29.8 Å². The molecular formula is C24H43NaO3S. The van der Waals surface area contributed by atoms with Gasteiger partial charge in [0.25, 0.3) is 10.1 Å². The minimum absolute atomic E-state index is 0. The van der Waals surface area contributed by atoms with Crippen molar-refractivity contribution in [1.29, 1.82) is 0 Å². The molecule has 29 heavy (non-hydrogen) atoms. The van der Waals surface area contributed by atoms with Crippen LogP contribution in [0.4, 0.5) is 0 Å². The minimum Gasteiger partial charge on any atom is -1.00 e. The molecule has 0 aromatic heterocycles. The van der Waals surface area contributed by atoms with E-state index in [1.165, 1.54) is 108 Å². The third-order valence-corrected chi connectivity index (χ3v) is 6.41. The first kappa shape index (κ1) is 29.1. The predicted octanol–water partition coefficient (Wildman–Crippen LogP) is 4.85. The number of hydrogen-bond acceptors (Lipinski definition) is 2. The average molecular weight is 435 g/mol. The first-order chi connectivity index (χ1) is 13.5. The zero-order valence-corrected chi connectivity index (χ0v) is 21.8. The van der Waals surface area contributed by atoms with Gasteiger partial charge in [-0.1, -0.05) is 115 Å². The first-order valence-electron chi connectivity index (χ1n) is 11.6. The molecule has 0 aliphatic rings. The Morgan fingerprint density at radius 2 is 1.00 bits per heavy atom. The van der Waals surface area contributed by atoms with Crippen LogP contribution in [0.1, 0.15) is 117 Å². The van der Waals surface area contributed by atoms with Crippen molar-refractivity contribution in [2.24, 2.45) is 0 Å². The van der Waals surface area contributed by atoms with E-state index in [4.69, 9.17) is 4.55 Å². The third-order valence-electron chi connectivity index (χ3n) is 5.54. The van der Waals surface area contributed by atoms with Crippen molar-refractivity contribution < 1.29 is 44.0 Å². The van der Waals surface area contributed by atoms with Crippen LogP contribution in [0.3, 0.4) is 0 Å². The van der Waals surface area contributed by atoms with Crippen molar-refractivity contribution in [3.8, 4) is 0 Å². The standard InChI is InChI=1S/C24H42O3S.Na.H/c1-2-3-4-5-6-7-8-9-10-11-12-13-14-15-16-17-18-23-19-21-24(22-20-23)28(25,26)27;;/h19-22H,2-18H2,1H3,(H,25,26,27);;/q;+1;-1. The van der Waals surface area contributed by atoms with Crippen molar-refractivity contribution >= 4 is 10.1 Å². The maximum atomic E-state index is 11.0. The Bertz CT molecular complexity index is 591. The van der Waals surface area contributed by atoms with Gasteiger partial charge in [-0.15, -0.1) is 0 Å². The largest absolute Gasteiger partial charge is 1.00 e. The topological polar surface area (TPSA) is 54.4 Å². The summed E-state index contributed by atoms with van der Waals surface area (Å²) in [5.74, 6) is 0. The van der Waals surface area contributed by atoms with Crippen molar-refractivity contribution in [2.75, 3.05) is 0 Å². The fourth-order valence-electron chi connectivity index (χ4n) is 3.71. The molecule has 0 atom stereocenters. The second kappa shape index (κ2) is 18.9. The molecule has 1 N–H and O–H groups in total. The number of rotatable bonds is 18. The van der Waals surface area contributed by atoms with Gasteiger partial charge in [0.2, 0.25) is 0 Å². The SMILES string of the molecule is CCCCCCCCCCCCCCCCCCc1ccc(S(=O)(=O)O)cc1.[H-].[Na+]. The molecule has 0 spiro atoms. The molecule has 0 saturated carbocycles. The van der Waals surface area contributed by atoms with Gasteiger partial charge in [0.15, 0.2) is 0 Å². The van der Waals surface area contributed by atoms with E-state index in [1.54, 1.807) is 12.1 Å². The minimum atomic E-state index is -4.07. The Hall–Kier alpha value is 0.130. The summed E-state index contributed by atoms with van der Waals surface area (Å²) >= 11 is 0. The molecule has 0 fully saturated rings. The molecule has 0 unspecified atom stereocenters. The van der Waals surface area contributed by atoms with Gasteiger partial charge in [0.1, 0.15) is 0 Å². The molecular weight excluding hydrogens is 391 g/mol. The molecule has 0 bridgehead atoms. The molecule has 0 aliphatic carbocycles. The van der Waals surface area contributed by atoms with E-state index in [2.05, 4.69) is 6.92 Å². The Morgan fingerprint density at radius 3 is 1.34 bits per heavy atom. The van der Waals surface area contributed by atoms with E-state index < -0.39 is 10.1 Å². The van der Waals surface area contributed by atoms with Crippen LogP contribution in [-0.2, 0) is 16.5 Å². The van der Waals surface area contributed by atoms with Gasteiger partial charge in [-0.05, 0) is 30.5 Å². The van der Waals surface area contributed by atoms with Crippen LogP contribution in [0.15, 0.2) is 29.2 Å². The second-order valence-corrected chi connectivity index (χ2v) is 9.59. The van der Waals surface area contributed by atoms with Crippen LogP contribution in [-0.4, -0.2) is 13.0 Å². The molecule has 164 valence electrons. The summed E-state index contributed by atoms with van der Waals surface area (Å²) in [5.41, 5.74) is 1.14. The molecule has 5 heteroatoms. The van der Waals surface area contributed by atoms with E-state index in [-0.39, 0.29) is 35.9 Å². The van der Waals surface area contributed by atoms with E-state index in [0.29, 0.717) is 0 Å². The van der Waals surface area contributed by atoms with Gasteiger partial charge in [0, 0.05) is 0 Å². The molecule has 0 aliphatic heterocycles. The first-order valence-corrected chi connectivity index (χ1v) is 13.0. The molecule has 0 saturated heterocycles. The summed E-state index contributed by atoms with van der Waals surface area (Å²) < 4.78 is 31.0.